The molecule has 0 saturated carbocycles. The molecule has 0 aromatic carbocycles. The first kappa shape index (κ1) is 15.3. The van der Waals surface area contributed by atoms with Crippen LogP contribution in [0.5, 0.6) is 0 Å². The molecule has 0 aliphatic carbocycles. The maximum atomic E-state index is 12.5. The molecule has 20 heavy (non-hydrogen) atoms. The number of alkyl halides is 3. The molecule has 1 aromatic heterocycles. The normalized spacial score (nSPS) is 16.6. The molecule has 0 atom stereocenters. The van der Waals surface area contributed by atoms with E-state index in [0.29, 0.717) is 6.54 Å². The van der Waals surface area contributed by atoms with E-state index in [4.69, 9.17) is 11.6 Å². The van der Waals surface area contributed by atoms with E-state index in [9.17, 15) is 13.2 Å². The van der Waals surface area contributed by atoms with E-state index in [-0.39, 0.29) is 11.0 Å². The van der Waals surface area contributed by atoms with Crippen molar-refractivity contribution in [2.45, 2.75) is 25.4 Å². The molecule has 2 rings (SSSR count). The van der Waals surface area contributed by atoms with Crippen LogP contribution in [0.25, 0.3) is 0 Å². The van der Waals surface area contributed by atoms with Crippen molar-refractivity contribution >= 4 is 17.4 Å². The minimum atomic E-state index is -4.59. The number of nitrogens with one attached hydrogen (secondary N) is 1. The summed E-state index contributed by atoms with van der Waals surface area (Å²) in [6.07, 6.45) is -1.28. The highest BCUT2D eigenvalue weighted by atomic mass is 35.5. The van der Waals surface area contributed by atoms with Crippen molar-refractivity contribution in [2.75, 3.05) is 31.5 Å². The molecule has 1 N–H and O–H groups in total. The molecule has 0 bridgehead atoms. The Morgan fingerprint density at radius 3 is 2.60 bits per heavy atom. The van der Waals surface area contributed by atoms with Gasteiger partial charge in [0, 0.05) is 12.6 Å². The lowest BCUT2D eigenvalue weighted by Crippen LogP contribution is -2.22. The fourth-order valence-corrected chi connectivity index (χ4v) is 2.34. The smallest absolute Gasteiger partial charge is 0.370 e. The quantitative estimate of drug-likeness (QED) is 0.670. The molecule has 1 aliphatic rings. The van der Waals surface area contributed by atoms with Gasteiger partial charge in [-0.1, -0.05) is 11.6 Å². The van der Waals surface area contributed by atoms with Gasteiger partial charge >= 0.3 is 6.18 Å². The first-order valence-electron chi connectivity index (χ1n) is 6.53. The van der Waals surface area contributed by atoms with Crippen LogP contribution in [-0.2, 0) is 6.18 Å². The Balaban J connectivity index is 1.84. The second-order valence-corrected chi connectivity index (χ2v) is 5.11. The summed E-state index contributed by atoms with van der Waals surface area (Å²) in [4.78, 5) is 8.95. The minimum Gasteiger partial charge on any atom is -0.370 e. The second kappa shape index (κ2) is 6.58. The summed E-state index contributed by atoms with van der Waals surface area (Å²) in [6.45, 7) is 3.72. The highest BCUT2D eigenvalue weighted by Crippen LogP contribution is 2.28. The Bertz CT molecular complexity index is 447. The van der Waals surface area contributed by atoms with Gasteiger partial charge in [-0.3, -0.25) is 0 Å². The molecule has 1 aromatic rings. The van der Waals surface area contributed by atoms with E-state index < -0.39 is 12.0 Å². The van der Waals surface area contributed by atoms with E-state index in [1.54, 1.807) is 0 Å². The van der Waals surface area contributed by atoms with E-state index in [2.05, 4.69) is 20.2 Å². The Morgan fingerprint density at radius 1 is 1.25 bits per heavy atom. The van der Waals surface area contributed by atoms with Crippen molar-refractivity contribution in [3.63, 3.8) is 0 Å². The summed E-state index contributed by atoms with van der Waals surface area (Å²) in [6, 6.07) is 1.30. The number of nitrogens with zero attached hydrogens (tertiary/aromatic N) is 3. The third kappa shape index (κ3) is 4.49. The van der Waals surface area contributed by atoms with Crippen molar-refractivity contribution in [2.24, 2.45) is 0 Å². The minimum absolute atomic E-state index is 0.110. The lowest BCUT2D eigenvalue weighted by atomic mass is 10.4. The number of hydrogen-bond donors (Lipinski definition) is 1. The van der Waals surface area contributed by atoms with Gasteiger partial charge < -0.3 is 10.2 Å². The number of rotatable bonds is 5. The second-order valence-electron chi connectivity index (χ2n) is 4.73. The highest BCUT2D eigenvalue weighted by Gasteiger charge is 2.35. The lowest BCUT2D eigenvalue weighted by molar-refractivity contribution is -0.144. The van der Waals surface area contributed by atoms with Gasteiger partial charge in [0.2, 0.25) is 5.82 Å². The Kier molecular flexibility index (Phi) is 5.04. The van der Waals surface area contributed by atoms with Crippen LogP contribution in [-0.4, -0.2) is 41.0 Å². The molecule has 8 heteroatoms. The summed E-state index contributed by atoms with van der Waals surface area (Å²) in [5.41, 5.74) is 0. The van der Waals surface area contributed by atoms with Gasteiger partial charge in [0.05, 0.1) is 0 Å². The fraction of sp³-hybridized carbons (Fsp3) is 0.667. The zero-order chi connectivity index (χ0) is 14.6. The van der Waals surface area contributed by atoms with Gasteiger partial charge in [-0.25, -0.2) is 9.97 Å². The average Bonchev–Trinajstić information content (AvgIpc) is 2.86. The summed E-state index contributed by atoms with van der Waals surface area (Å²) in [5, 5.41) is 2.65. The third-order valence-corrected chi connectivity index (χ3v) is 3.30. The molecule has 0 unspecified atom stereocenters. The van der Waals surface area contributed by atoms with Crippen LogP contribution < -0.4 is 5.32 Å². The first-order valence-corrected chi connectivity index (χ1v) is 6.91. The predicted molar refractivity (Wildman–Crippen MR) is 70.8 cm³/mol. The van der Waals surface area contributed by atoms with Gasteiger partial charge in [-0.2, -0.15) is 13.2 Å². The Labute approximate surface area is 120 Å². The van der Waals surface area contributed by atoms with E-state index in [1.165, 1.54) is 18.9 Å². The zero-order valence-corrected chi connectivity index (χ0v) is 11.6. The van der Waals surface area contributed by atoms with Crippen molar-refractivity contribution in [3.8, 4) is 0 Å². The molecule has 112 valence electrons. The third-order valence-electron chi connectivity index (χ3n) is 3.10. The number of hydrogen-bond acceptors (Lipinski definition) is 4. The van der Waals surface area contributed by atoms with Gasteiger partial charge in [-0.15, -0.1) is 0 Å². The standard InChI is InChI=1S/C12H16ClF3N4/c13-9-8-10(19-11(18-9)12(14,15)16)17-4-3-7-20-5-1-2-6-20/h8H,1-7H2,(H,17,18,19). The topological polar surface area (TPSA) is 41.1 Å². The Hall–Kier alpha value is -1.08. The van der Waals surface area contributed by atoms with Crippen LogP contribution in [0, 0.1) is 0 Å². The molecule has 1 fully saturated rings. The van der Waals surface area contributed by atoms with Crippen LogP contribution >= 0.6 is 11.6 Å². The molecule has 2 heterocycles. The van der Waals surface area contributed by atoms with Crippen molar-refractivity contribution in [3.05, 3.63) is 17.0 Å². The number of likely N-dealkylation sites (tertiary alicyclic amines) is 1. The summed E-state index contributed by atoms with van der Waals surface area (Å²) >= 11 is 5.57. The number of anilines is 1. The summed E-state index contributed by atoms with van der Waals surface area (Å²) in [7, 11) is 0. The van der Waals surface area contributed by atoms with Crippen LogP contribution in [0.2, 0.25) is 5.15 Å². The molecule has 1 saturated heterocycles. The monoisotopic (exact) mass is 308 g/mol. The summed E-state index contributed by atoms with van der Waals surface area (Å²) in [5.74, 6) is -1.11. The van der Waals surface area contributed by atoms with Crippen molar-refractivity contribution < 1.29 is 13.2 Å². The van der Waals surface area contributed by atoms with Crippen LogP contribution in [0.1, 0.15) is 25.1 Å². The molecular formula is C12H16ClF3N4. The van der Waals surface area contributed by atoms with Gasteiger partial charge in [-0.05, 0) is 38.9 Å². The van der Waals surface area contributed by atoms with E-state index in [1.807, 2.05) is 0 Å². The fourth-order valence-electron chi connectivity index (χ4n) is 2.16. The molecule has 1 aliphatic heterocycles. The first-order chi connectivity index (χ1) is 9.45. The SMILES string of the molecule is FC(F)(F)c1nc(Cl)cc(NCCCN2CCCC2)n1. The molecular weight excluding hydrogens is 293 g/mol. The summed E-state index contributed by atoms with van der Waals surface area (Å²) < 4.78 is 37.6. The van der Waals surface area contributed by atoms with Crippen molar-refractivity contribution in [1.82, 2.24) is 14.9 Å². The molecule has 0 radical (unpaired) electrons. The number of halogens is 4. The Morgan fingerprint density at radius 2 is 1.95 bits per heavy atom. The number of aromatic nitrogens is 2. The van der Waals surface area contributed by atoms with Gasteiger partial charge in [0.15, 0.2) is 0 Å². The lowest BCUT2D eigenvalue weighted by Gasteiger charge is -2.14. The largest absolute Gasteiger partial charge is 0.451 e. The van der Waals surface area contributed by atoms with Gasteiger partial charge in [0.1, 0.15) is 11.0 Å². The zero-order valence-electron chi connectivity index (χ0n) is 10.9. The molecule has 4 nitrogen and oxygen atoms in total. The maximum absolute atomic E-state index is 12.5. The van der Waals surface area contributed by atoms with Crippen LogP contribution in [0.15, 0.2) is 6.07 Å². The average molecular weight is 309 g/mol. The predicted octanol–water partition coefficient (Wildman–Crippen LogP) is 3.05. The van der Waals surface area contributed by atoms with Crippen LogP contribution in [0.3, 0.4) is 0 Å². The molecule has 0 amide bonds. The van der Waals surface area contributed by atoms with Crippen LogP contribution in [0.4, 0.5) is 19.0 Å². The van der Waals surface area contributed by atoms with E-state index >= 15 is 0 Å². The highest BCUT2D eigenvalue weighted by molar-refractivity contribution is 6.29. The van der Waals surface area contributed by atoms with E-state index in [0.717, 1.165) is 26.1 Å². The van der Waals surface area contributed by atoms with Gasteiger partial charge in [0.25, 0.3) is 0 Å². The van der Waals surface area contributed by atoms with Crippen molar-refractivity contribution in [1.29, 1.82) is 0 Å². The maximum Gasteiger partial charge on any atom is 0.451 e. The molecule has 0 spiro atoms.